The van der Waals surface area contributed by atoms with Crippen LogP contribution in [0.25, 0.3) is 10.8 Å². The molecule has 1 aromatic heterocycles. The molecule has 0 aliphatic carbocycles. The minimum Gasteiger partial charge on any atom is -0.550 e. The summed E-state index contributed by atoms with van der Waals surface area (Å²) in [6, 6.07) is 12.2. The maximum atomic E-state index is 10.6. The molecule has 24 heavy (non-hydrogen) atoms. The lowest BCUT2D eigenvalue weighted by molar-refractivity contribution is -0.304. The standard InChI is InChI=1S/C18H18N2O3S/c1-2-23-16-8-7-12-5-3-4-6-14(12)15(16)10-19-18-20-13(11-24-18)9-17(21)22/h3-8,11H,2,9-10H2,1H3,(H,19,20)(H,21,22)/p-1. The molecule has 5 nitrogen and oxygen atoms in total. The molecule has 1 heterocycles. The van der Waals surface area contributed by atoms with E-state index in [4.69, 9.17) is 4.74 Å². The van der Waals surface area contributed by atoms with Crippen LogP contribution in [0.1, 0.15) is 18.2 Å². The molecule has 3 aromatic rings. The molecule has 3 rings (SSSR count). The summed E-state index contributed by atoms with van der Waals surface area (Å²) in [5, 5.41) is 18.6. The van der Waals surface area contributed by atoms with Crippen LogP contribution in [0.2, 0.25) is 0 Å². The molecule has 0 saturated carbocycles. The fourth-order valence-corrected chi connectivity index (χ4v) is 3.28. The van der Waals surface area contributed by atoms with Crippen molar-refractivity contribution in [3.63, 3.8) is 0 Å². The first-order chi connectivity index (χ1) is 11.7. The first-order valence-corrected chi connectivity index (χ1v) is 8.57. The number of carboxylic acids is 1. The summed E-state index contributed by atoms with van der Waals surface area (Å²) in [4.78, 5) is 14.9. The molecule has 1 N–H and O–H groups in total. The molecule has 0 fully saturated rings. The van der Waals surface area contributed by atoms with E-state index in [0.717, 1.165) is 22.1 Å². The number of carbonyl (C=O) groups excluding carboxylic acids is 1. The number of carboxylic acid groups (broad SMARTS) is 1. The maximum Gasteiger partial charge on any atom is 0.183 e. The predicted octanol–water partition coefficient (Wildman–Crippen LogP) is 2.60. The van der Waals surface area contributed by atoms with E-state index in [0.29, 0.717) is 24.0 Å². The van der Waals surface area contributed by atoms with E-state index in [-0.39, 0.29) is 6.42 Å². The van der Waals surface area contributed by atoms with Crippen LogP contribution in [0.5, 0.6) is 5.75 Å². The summed E-state index contributed by atoms with van der Waals surface area (Å²) in [5.41, 5.74) is 1.57. The number of rotatable bonds is 7. The van der Waals surface area contributed by atoms with Gasteiger partial charge in [0.05, 0.1) is 12.3 Å². The molecule has 0 aliphatic heterocycles. The van der Waals surface area contributed by atoms with Gasteiger partial charge in [-0.05, 0) is 23.8 Å². The van der Waals surface area contributed by atoms with Gasteiger partial charge in [0.2, 0.25) is 0 Å². The number of hydrogen-bond donors (Lipinski definition) is 1. The Morgan fingerprint density at radius 1 is 1.29 bits per heavy atom. The minimum absolute atomic E-state index is 0.170. The van der Waals surface area contributed by atoms with Gasteiger partial charge in [0.25, 0.3) is 0 Å². The van der Waals surface area contributed by atoms with Gasteiger partial charge in [-0.3, -0.25) is 0 Å². The normalized spacial score (nSPS) is 10.7. The molecule has 0 spiro atoms. The Balaban J connectivity index is 1.84. The van der Waals surface area contributed by atoms with Gasteiger partial charge in [-0.2, -0.15) is 0 Å². The molecular formula is C18H17N2O3S-. The number of benzene rings is 2. The van der Waals surface area contributed by atoms with Crippen molar-refractivity contribution < 1.29 is 14.6 Å². The Morgan fingerprint density at radius 2 is 2.12 bits per heavy atom. The van der Waals surface area contributed by atoms with E-state index in [1.165, 1.54) is 11.3 Å². The second-order valence-corrected chi connectivity index (χ2v) is 6.10. The Kier molecular flexibility index (Phi) is 4.96. The lowest BCUT2D eigenvalue weighted by Crippen LogP contribution is -2.24. The van der Waals surface area contributed by atoms with E-state index in [1.807, 2.05) is 31.2 Å². The van der Waals surface area contributed by atoms with Crippen molar-refractivity contribution in [3.05, 3.63) is 53.0 Å². The summed E-state index contributed by atoms with van der Waals surface area (Å²) in [5.74, 6) is -0.283. The van der Waals surface area contributed by atoms with Gasteiger partial charge in [0, 0.05) is 29.9 Å². The van der Waals surface area contributed by atoms with Crippen LogP contribution in [0.3, 0.4) is 0 Å². The zero-order chi connectivity index (χ0) is 16.9. The number of nitrogens with one attached hydrogen (secondary N) is 1. The van der Waals surface area contributed by atoms with Gasteiger partial charge >= 0.3 is 0 Å². The first-order valence-electron chi connectivity index (χ1n) is 7.69. The fraction of sp³-hybridized carbons (Fsp3) is 0.222. The van der Waals surface area contributed by atoms with Crippen LogP contribution >= 0.6 is 11.3 Å². The molecule has 0 unspecified atom stereocenters. The van der Waals surface area contributed by atoms with Crippen LogP contribution in [-0.4, -0.2) is 17.6 Å². The number of thiazole rings is 1. The molecule has 124 valence electrons. The van der Waals surface area contributed by atoms with Gasteiger partial charge in [0.1, 0.15) is 5.75 Å². The summed E-state index contributed by atoms with van der Waals surface area (Å²) >= 11 is 1.38. The quantitative estimate of drug-likeness (QED) is 0.715. The van der Waals surface area contributed by atoms with Gasteiger partial charge in [0.15, 0.2) is 5.13 Å². The van der Waals surface area contributed by atoms with E-state index in [1.54, 1.807) is 5.38 Å². The Labute approximate surface area is 143 Å². The van der Waals surface area contributed by atoms with Crippen molar-refractivity contribution >= 4 is 33.2 Å². The lowest BCUT2D eigenvalue weighted by Gasteiger charge is -2.14. The summed E-state index contributed by atoms with van der Waals surface area (Å²) in [6.07, 6.45) is -0.170. The topological polar surface area (TPSA) is 74.3 Å². The van der Waals surface area contributed by atoms with E-state index < -0.39 is 5.97 Å². The highest BCUT2D eigenvalue weighted by molar-refractivity contribution is 7.13. The summed E-state index contributed by atoms with van der Waals surface area (Å²) in [6.45, 7) is 3.10. The van der Waals surface area contributed by atoms with Crippen molar-refractivity contribution in [2.24, 2.45) is 0 Å². The van der Waals surface area contributed by atoms with Crippen molar-refractivity contribution in [1.29, 1.82) is 0 Å². The van der Waals surface area contributed by atoms with Crippen LogP contribution in [-0.2, 0) is 17.8 Å². The van der Waals surface area contributed by atoms with E-state index in [2.05, 4.69) is 22.4 Å². The fourth-order valence-electron chi connectivity index (χ4n) is 2.57. The number of carbonyl (C=O) groups is 1. The first kappa shape index (κ1) is 16.3. The second-order valence-electron chi connectivity index (χ2n) is 5.24. The Morgan fingerprint density at radius 3 is 2.92 bits per heavy atom. The molecular weight excluding hydrogens is 324 g/mol. The molecule has 0 aliphatic rings. The monoisotopic (exact) mass is 341 g/mol. The molecule has 0 saturated heterocycles. The minimum atomic E-state index is -1.13. The molecule has 0 radical (unpaired) electrons. The SMILES string of the molecule is CCOc1ccc2ccccc2c1CNc1nc(CC(=O)[O-])cs1. The average Bonchev–Trinajstić information content (AvgIpc) is 3.00. The van der Waals surface area contributed by atoms with Gasteiger partial charge in [-0.1, -0.05) is 30.3 Å². The number of nitrogens with zero attached hydrogens (tertiary/aromatic N) is 1. The zero-order valence-corrected chi connectivity index (χ0v) is 14.1. The van der Waals surface area contributed by atoms with Crippen LogP contribution in [0, 0.1) is 0 Å². The molecule has 0 amide bonds. The second kappa shape index (κ2) is 7.31. The summed E-state index contributed by atoms with van der Waals surface area (Å²) in [7, 11) is 0. The van der Waals surface area contributed by atoms with Crippen LogP contribution in [0.4, 0.5) is 5.13 Å². The van der Waals surface area contributed by atoms with Gasteiger partial charge in [-0.25, -0.2) is 4.98 Å². The Hall–Kier alpha value is -2.60. The third-order valence-corrected chi connectivity index (χ3v) is 4.44. The third kappa shape index (κ3) is 3.65. The number of aliphatic carboxylic acids is 1. The zero-order valence-electron chi connectivity index (χ0n) is 13.2. The third-order valence-electron chi connectivity index (χ3n) is 3.59. The van der Waals surface area contributed by atoms with Gasteiger partial charge in [-0.15, -0.1) is 11.3 Å². The number of hydrogen-bond acceptors (Lipinski definition) is 6. The number of fused-ring (bicyclic) bond motifs is 1. The highest BCUT2D eigenvalue weighted by Crippen LogP contribution is 2.29. The number of ether oxygens (including phenoxy) is 1. The molecule has 2 aromatic carbocycles. The molecule has 0 atom stereocenters. The largest absolute Gasteiger partial charge is 0.550 e. The lowest BCUT2D eigenvalue weighted by atomic mass is 10.0. The van der Waals surface area contributed by atoms with Crippen molar-refractivity contribution in [2.45, 2.75) is 19.9 Å². The molecule has 0 bridgehead atoms. The van der Waals surface area contributed by atoms with Crippen molar-refractivity contribution in [2.75, 3.05) is 11.9 Å². The Bertz CT molecular complexity index is 860. The maximum absolute atomic E-state index is 10.6. The van der Waals surface area contributed by atoms with E-state index in [9.17, 15) is 9.90 Å². The number of anilines is 1. The van der Waals surface area contributed by atoms with E-state index >= 15 is 0 Å². The van der Waals surface area contributed by atoms with Crippen LogP contribution in [0.15, 0.2) is 41.8 Å². The van der Waals surface area contributed by atoms with Crippen LogP contribution < -0.4 is 15.2 Å². The van der Waals surface area contributed by atoms with Gasteiger partial charge < -0.3 is 20.0 Å². The predicted molar refractivity (Wildman–Crippen MR) is 93.3 cm³/mol. The van der Waals surface area contributed by atoms with Crippen molar-refractivity contribution in [3.8, 4) is 5.75 Å². The van der Waals surface area contributed by atoms with Crippen molar-refractivity contribution in [1.82, 2.24) is 4.98 Å². The highest BCUT2D eigenvalue weighted by Gasteiger charge is 2.10. The molecule has 6 heteroatoms. The summed E-state index contributed by atoms with van der Waals surface area (Å²) < 4.78 is 5.75. The average molecular weight is 341 g/mol. The number of aromatic nitrogens is 1. The smallest absolute Gasteiger partial charge is 0.183 e. The highest BCUT2D eigenvalue weighted by atomic mass is 32.1.